The standard InChI is InChI=1S/C16H19FN4OS2/c1-11(22)12-3-4-14(13(17)9-12)21-7-5-20(6-8-21)10-15-18-19-16(23-2)24-15/h3-4,9H,5-8,10H2,1-2H3. The van der Waals surface area contributed by atoms with Gasteiger partial charge < -0.3 is 4.90 Å². The van der Waals surface area contributed by atoms with Crippen molar-refractivity contribution in [3.63, 3.8) is 0 Å². The molecule has 0 aliphatic carbocycles. The largest absolute Gasteiger partial charge is 0.367 e. The third-order valence-electron chi connectivity index (χ3n) is 4.05. The molecule has 1 aliphatic heterocycles. The van der Waals surface area contributed by atoms with Crippen molar-refractivity contribution in [2.24, 2.45) is 0 Å². The quantitative estimate of drug-likeness (QED) is 0.599. The molecule has 8 heteroatoms. The number of carbonyl (C=O) groups excluding carboxylic acids is 1. The third-order valence-corrected chi connectivity index (χ3v) is 5.93. The minimum Gasteiger partial charge on any atom is -0.367 e. The fourth-order valence-electron chi connectivity index (χ4n) is 2.71. The van der Waals surface area contributed by atoms with Crippen LogP contribution in [0.2, 0.25) is 0 Å². The molecule has 2 aromatic rings. The van der Waals surface area contributed by atoms with Crippen LogP contribution in [0.15, 0.2) is 22.5 Å². The first-order valence-electron chi connectivity index (χ1n) is 7.71. The molecule has 1 aromatic carbocycles. The Labute approximate surface area is 148 Å². The molecule has 0 unspecified atom stereocenters. The first-order valence-corrected chi connectivity index (χ1v) is 9.75. The Kier molecular flexibility index (Phi) is 5.47. The molecule has 24 heavy (non-hydrogen) atoms. The monoisotopic (exact) mass is 366 g/mol. The number of carbonyl (C=O) groups is 1. The fraction of sp³-hybridized carbons (Fsp3) is 0.438. The van der Waals surface area contributed by atoms with Crippen LogP contribution in [-0.4, -0.2) is 53.3 Å². The van der Waals surface area contributed by atoms with Gasteiger partial charge in [-0.3, -0.25) is 9.69 Å². The van der Waals surface area contributed by atoms with Crippen molar-refractivity contribution in [2.75, 3.05) is 37.3 Å². The van der Waals surface area contributed by atoms with Gasteiger partial charge in [-0.25, -0.2) is 4.39 Å². The van der Waals surface area contributed by atoms with Gasteiger partial charge >= 0.3 is 0 Å². The van der Waals surface area contributed by atoms with Gasteiger partial charge in [-0.1, -0.05) is 23.1 Å². The van der Waals surface area contributed by atoms with Gasteiger partial charge in [0.25, 0.3) is 0 Å². The van der Waals surface area contributed by atoms with Crippen molar-refractivity contribution in [1.29, 1.82) is 0 Å². The molecule has 0 atom stereocenters. The number of thioether (sulfide) groups is 1. The second-order valence-corrected chi connectivity index (χ2v) is 7.77. The first kappa shape index (κ1) is 17.3. The van der Waals surface area contributed by atoms with Gasteiger partial charge in [-0.05, 0) is 31.4 Å². The average Bonchev–Trinajstić information content (AvgIpc) is 3.03. The lowest BCUT2D eigenvalue weighted by molar-refractivity contribution is 0.101. The van der Waals surface area contributed by atoms with Crippen LogP contribution in [0.4, 0.5) is 10.1 Å². The molecule has 2 heterocycles. The predicted molar refractivity (Wildman–Crippen MR) is 95.6 cm³/mol. The fourth-order valence-corrected chi connectivity index (χ4v) is 4.06. The number of rotatable bonds is 5. The summed E-state index contributed by atoms with van der Waals surface area (Å²) in [5.74, 6) is -0.447. The highest BCUT2D eigenvalue weighted by Gasteiger charge is 2.21. The lowest BCUT2D eigenvalue weighted by Crippen LogP contribution is -2.46. The summed E-state index contributed by atoms with van der Waals surface area (Å²) >= 11 is 3.23. The van der Waals surface area contributed by atoms with Crippen LogP contribution in [0.25, 0.3) is 0 Å². The maximum Gasteiger partial charge on any atom is 0.174 e. The van der Waals surface area contributed by atoms with Crippen molar-refractivity contribution in [2.45, 2.75) is 17.8 Å². The Morgan fingerprint density at radius 3 is 2.62 bits per heavy atom. The van der Waals surface area contributed by atoms with E-state index in [2.05, 4.69) is 15.1 Å². The Hall–Kier alpha value is -1.51. The molecule has 0 amide bonds. The van der Waals surface area contributed by atoms with Crippen molar-refractivity contribution in [3.8, 4) is 0 Å². The third kappa shape index (κ3) is 3.93. The van der Waals surface area contributed by atoms with Crippen molar-refractivity contribution >= 4 is 34.6 Å². The number of anilines is 1. The van der Waals surface area contributed by atoms with Gasteiger partial charge in [0.2, 0.25) is 0 Å². The smallest absolute Gasteiger partial charge is 0.174 e. The molecule has 3 rings (SSSR count). The van der Waals surface area contributed by atoms with E-state index in [1.54, 1.807) is 35.2 Å². The summed E-state index contributed by atoms with van der Waals surface area (Å²) in [7, 11) is 0. The maximum absolute atomic E-state index is 14.3. The van der Waals surface area contributed by atoms with Gasteiger partial charge in [-0.15, -0.1) is 10.2 Å². The first-order chi connectivity index (χ1) is 11.6. The van der Waals surface area contributed by atoms with Crippen molar-refractivity contribution in [3.05, 3.63) is 34.6 Å². The Bertz CT molecular complexity index is 729. The zero-order valence-electron chi connectivity index (χ0n) is 13.7. The van der Waals surface area contributed by atoms with E-state index in [0.29, 0.717) is 11.3 Å². The normalized spacial score (nSPS) is 15.7. The average molecular weight is 366 g/mol. The molecule has 5 nitrogen and oxygen atoms in total. The minimum absolute atomic E-state index is 0.119. The van der Waals surface area contributed by atoms with E-state index in [9.17, 15) is 9.18 Å². The molecule has 1 fully saturated rings. The number of nitrogens with zero attached hydrogens (tertiary/aromatic N) is 4. The van der Waals surface area contributed by atoms with E-state index in [1.165, 1.54) is 13.0 Å². The number of hydrogen-bond acceptors (Lipinski definition) is 7. The molecule has 0 N–H and O–H groups in total. The predicted octanol–water partition coefficient (Wildman–Crippen LogP) is 2.92. The van der Waals surface area contributed by atoms with Gasteiger partial charge in [0, 0.05) is 31.7 Å². The highest BCUT2D eigenvalue weighted by atomic mass is 32.2. The van der Waals surface area contributed by atoms with E-state index >= 15 is 0 Å². The molecule has 1 aromatic heterocycles. The van der Waals surface area contributed by atoms with Crippen LogP contribution >= 0.6 is 23.1 Å². The van der Waals surface area contributed by atoms with E-state index in [4.69, 9.17) is 0 Å². The molecule has 1 saturated heterocycles. The van der Waals surface area contributed by atoms with E-state index < -0.39 is 0 Å². The number of aromatic nitrogens is 2. The van der Waals surface area contributed by atoms with Crippen molar-refractivity contribution < 1.29 is 9.18 Å². The van der Waals surface area contributed by atoms with E-state index in [1.807, 2.05) is 11.2 Å². The summed E-state index contributed by atoms with van der Waals surface area (Å²) in [5, 5.41) is 9.33. The SMILES string of the molecule is CSc1nnc(CN2CCN(c3ccc(C(C)=O)cc3F)CC2)s1. The lowest BCUT2D eigenvalue weighted by atomic mass is 10.1. The number of hydrogen-bond donors (Lipinski definition) is 0. The summed E-state index contributed by atoms with van der Waals surface area (Å²) in [6, 6.07) is 4.73. The van der Waals surface area contributed by atoms with Crippen LogP contribution in [0, 0.1) is 5.82 Å². The van der Waals surface area contributed by atoms with E-state index in [0.717, 1.165) is 42.1 Å². The summed E-state index contributed by atoms with van der Waals surface area (Å²) in [4.78, 5) is 15.7. The highest BCUT2D eigenvalue weighted by Crippen LogP contribution is 2.24. The summed E-state index contributed by atoms with van der Waals surface area (Å²) < 4.78 is 15.2. The van der Waals surface area contributed by atoms with E-state index in [-0.39, 0.29) is 11.6 Å². The Morgan fingerprint density at radius 1 is 1.29 bits per heavy atom. The molecule has 128 valence electrons. The topological polar surface area (TPSA) is 49.3 Å². The summed E-state index contributed by atoms with van der Waals surface area (Å²) in [6.45, 7) is 5.44. The van der Waals surface area contributed by atoms with Crippen LogP contribution in [0.5, 0.6) is 0 Å². The highest BCUT2D eigenvalue weighted by molar-refractivity contribution is 8.00. The number of benzene rings is 1. The van der Waals surface area contributed by atoms with Gasteiger partial charge in [0.05, 0.1) is 12.2 Å². The second-order valence-electron chi connectivity index (χ2n) is 5.65. The number of Topliss-reactive ketones (excluding diaryl/α,β-unsaturated/α-hetero) is 1. The number of piperazine rings is 1. The molecular formula is C16H19FN4OS2. The number of ketones is 1. The number of halogens is 1. The van der Waals surface area contributed by atoms with Crippen LogP contribution in [0.1, 0.15) is 22.3 Å². The summed E-state index contributed by atoms with van der Waals surface area (Å²) in [6.07, 6.45) is 2.00. The molecule has 0 bridgehead atoms. The molecule has 0 radical (unpaired) electrons. The summed E-state index contributed by atoms with van der Waals surface area (Å²) in [5.41, 5.74) is 0.982. The minimum atomic E-state index is -0.329. The van der Waals surface area contributed by atoms with Crippen LogP contribution in [-0.2, 0) is 6.54 Å². The second kappa shape index (κ2) is 7.58. The maximum atomic E-state index is 14.3. The lowest BCUT2D eigenvalue weighted by Gasteiger charge is -2.35. The molecule has 1 aliphatic rings. The molecule has 0 saturated carbocycles. The van der Waals surface area contributed by atoms with Crippen LogP contribution in [0.3, 0.4) is 0 Å². The van der Waals surface area contributed by atoms with Crippen LogP contribution < -0.4 is 4.90 Å². The zero-order valence-corrected chi connectivity index (χ0v) is 15.3. The Morgan fingerprint density at radius 2 is 2.04 bits per heavy atom. The molecular weight excluding hydrogens is 347 g/mol. The Balaban J connectivity index is 1.59. The van der Waals surface area contributed by atoms with Gasteiger partial charge in [0.15, 0.2) is 10.1 Å². The van der Waals surface area contributed by atoms with Gasteiger partial charge in [0.1, 0.15) is 10.8 Å². The zero-order chi connectivity index (χ0) is 17.1. The van der Waals surface area contributed by atoms with Crippen molar-refractivity contribution in [1.82, 2.24) is 15.1 Å². The molecule has 0 spiro atoms. The van der Waals surface area contributed by atoms with Gasteiger partial charge in [-0.2, -0.15) is 0 Å².